The van der Waals surface area contributed by atoms with E-state index >= 15 is 0 Å². The van der Waals surface area contributed by atoms with E-state index in [-0.39, 0.29) is 17.9 Å². The van der Waals surface area contributed by atoms with E-state index in [2.05, 4.69) is 51.2 Å². The third-order valence-corrected chi connectivity index (χ3v) is 4.14. The second-order valence-electron chi connectivity index (χ2n) is 5.49. The number of amides is 3. The third kappa shape index (κ3) is 7.88. The number of nitrogens with one attached hydrogen (secondary N) is 4. The van der Waals surface area contributed by atoms with Gasteiger partial charge in [-0.05, 0) is 0 Å². The molecule has 0 bridgehead atoms. The Kier molecular flexibility index (Phi) is 9.67. The lowest BCUT2D eigenvalue weighted by atomic mass is 10.1. The largest absolute Gasteiger partial charge is 0.480 e. The molecule has 0 aliphatic rings. The number of hydrogen-bond donors (Lipinski definition) is 8. The summed E-state index contributed by atoms with van der Waals surface area (Å²) in [6, 6.07) is -3.09. The van der Waals surface area contributed by atoms with Crippen molar-refractivity contribution in [3.8, 4) is 0 Å². The van der Waals surface area contributed by atoms with E-state index in [1.807, 2.05) is 0 Å². The fourth-order valence-corrected chi connectivity index (χ4v) is 2.32. The number of carbonyl (C=O) groups excluding carboxylic acids is 3. The molecule has 0 aliphatic heterocycles. The standard InChI is InChI=1S/C14H22N6O5S2/c15-8(4-26)12(22)20-9(1-7-2-16-6-18-7)13(23)17-3-11(21)19-10(5-27)14(24)25/h2,6,8-10,26-27H,1,3-5,15H2,(H,16,18)(H,17,23)(H,19,21)(H,20,22)(H,24,25). The van der Waals surface area contributed by atoms with Gasteiger partial charge in [-0.15, -0.1) is 0 Å². The molecule has 3 atom stereocenters. The van der Waals surface area contributed by atoms with E-state index in [0.717, 1.165) is 0 Å². The molecule has 7 N–H and O–H groups in total. The number of thiol groups is 2. The first kappa shape index (κ1) is 22.8. The van der Waals surface area contributed by atoms with Crippen molar-refractivity contribution in [1.29, 1.82) is 0 Å². The topological polar surface area (TPSA) is 179 Å². The molecule has 1 aromatic rings. The summed E-state index contributed by atoms with van der Waals surface area (Å²) in [6.45, 7) is -0.468. The normalized spacial score (nSPS) is 13.9. The lowest BCUT2D eigenvalue weighted by Crippen LogP contribution is -2.54. The van der Waals surface area contributed by atoms with Gasteiger partial charge in [-0.1, -0.05) is 0 Å². The minimum atomic E-state index is -1.24. The van der Waals surface area contributed by atoms with Crippen molar-refractivity contribution in [3.05, 3.63) is 18.2 Å². The van der Waals surface area contributed by atoms with Gasteiger partial charge in [0.25, 0.3) is 0 Å². The van der Waals surface area contributed by atoms with Crippen molar-refractivity contribution in [2.24, 2.45) is 5.73 Å². The minimum absolute atomic E-state index is 0.0902. The van der Waals surface area contributed by atoms with Gasteiger partial charge in [-0.25, -0.2) is 9.78 Å². The van der Waals surface area contributed by atoms with Gasteiger partial charge in [0.15, 0.2) is 0 Å². The average molecular weight is 419 g/mol. The van der Waals surface area contributed by atoms with Crippen LogP contribution in [0, 0.1) is 0 Å². The Morgan fingerprint density at radius 2 is 1.85 bits per heavy atom. The highest BCUT2D eigenvalue weighted by atomic mass is 32.1. The molecule has 13 heteroatoms. The predicted octanol–water partition coefficient (Wildman–Crippen LogP) is -2.69. The van der Waals surface area contributed by atoms with Gasteiger partial charge in [0, 0.05) is 29.8 Å². The molecule has 0 fully saturated rings. The number of nitrogens with zero attached hydrogens (tertiary/aromatic N) is 1. The van der Waals surface area contributed by atoms with Gasteiger partial charge in [-0.2, -0.15) is 25.3 Å². The summed E-state index contributed by atoms with van der Waals surface area (Å²) < 4.78 is 0. The number of aromatic amines is 1. The molecule has 3 unspecified atom stereocenters. The quantitative estimate of drug-likeness (QED) is 0.180. The van der Waals surface area contributed by atoms with E-state index in [9.17, 15) is 19.2 Å². The van der Waals surface area contributed by atoms with Crippen molar-refractivity contribution in [2.75, 3.05) is 18.1 Å². The van der Waals surface area contributed by atoms with Gasteiger partial charge in [0.05, 0.1) is 18.9 Å². The molecule has 27 heavy (non-hydrogen) atoms. The van der Waals surface area contributed by atoms with E-state index in [0.29, 0.717) is 5.69 Å². The number of carboxylic acids is 1. The number of imidazole rings is 1. The summed E-state index contributed by atoms with van der Waals surface area (Å²) in [5, 5.41) is 15.9. The highest BCUT2D eigenvalue weighted by Crippen LogP contribution is 2.00. The molecule has 1 rings (SSSR count). The van der Waals surface area contributed by atoms with Crippen LogP contribution in [0.1, 0.15) is 5.69 Å². The maximum absolute atomic E-state index is 12.4. The highest BCUT2D eigenvalue weighted by molar-refractivity contribution is 7.80. The van der Waals surface area contributed by atoms with Crippen molar-refractivity contribution < 1.29 is 24.3 Å². The molecule has 0 aliphatic carbocycles. The molecule has 1 aromatic heterocycles. The first-order valence-corrected chi connectivity index (χ1v) is 9.09. The van der Waals surface area contributed by atoms with Crippen molar-refractivity contribution in [2.45, 2.75) is 24.5 Å². The molecule has 11 nitrogen and oxygen atoms in total. The number of nitrogens with two attached hydrogens (primary N) is 1. The number of aromatic nitrogens is 2. The number of carboxylic acid groups (broad SMARTS) is 1. The highest BCUT2D eigenvalue weighted by Gasteiger charge is 2.25. The molecule has 0 saturated heterocycles. The van der Waals surface area contributed by atoms with Crippen LogP contribution < -0.4 is 21.7 Å². The fourth-order valence-electron chi connectivity index (χ4n) is 1.91. The molecule has 150 valence electrons. The summed E-state index contributed by atoms with van der Waals surface area (Å²) in [4.78, 5) is 53.6. The van der Waals surface area contributed by atoms with Crippen LogP contribution >= 0.6 is 25.3 Å². The minimum Gasteiger partial charge on any atom is -0.480 e. The first-order valence-electron chi connectivity index (χ1n) is 7.83. The Labute approximate surface area is 166 Å². The maximum Gasteiger partial charge on any atom is 0.327 e. The Morgan fingerprint density at radius 1 is 1.15 bits per heavy atom. The van der Waals surface area contributed by atoms with E-state index in [4.69, 9.17) is 10.8 Å². The third-order valence-electron chi connectivity index (χ3n) is 3.38. The van der Waals surface area contributed by atoms with Crippen LogP contribution in [0.25, 0.3) is 0 Å². The molecule has 3 amide bonds. The number of hydrogen-bond acceptors (Lipinski definition) is 8. The van der Waals surface area contributed by atoms with Gasteiger partial charge >= 0.3 is 5.97 Å². The van der Waals surface area contributed by atoms with Crippen LogP contribution in [0.5, 0.6) is 0 Å². The van der Waals surface area contributed by atoms with Crippen molar-refractivity contribution in [3.63, 3.8) is 0 Å². The van der Waals surface area contributed by atoms with Gasteiger partial charge in [0.1, 0.15) is 12.1 Å². The van der Waals surface area contributed by atoms with Gasteiger partial charge in [-0.3, -0.25) is 14.4 Å². The molecule has 0 radical (unpaired) electrons. The number of aliphatic carboxylic acids is 1. The molecular formula is C14H22N6O5S2. The summed E-state index contributed by atoms with van der Waals surface area (Å²) >= 11 is 7.76. The van der Waals surface area contributed by atoms with Crippen molar-refractivity contribution in [1.82, 2.24) is 25.9 Å². The van der Waals surface area contributed by atoms with Gasteiger partial charge in [0.2, 0.25) is 17.7 Å². The number of carbonyl (C=O) groups is 4. The molecule has 0 spiro atoms. The summed E-state index contributed by atoms with van der Waals surface area (Å²) in [5.41, 5.74) is 6.18. The van der Waals surface area contributed by atoms with Crippen LogP contribution in [0.3, 0.4) is 0 Å². The zero-order chi connectivity index (χ0) is 20.4. The van der Waals surface area contributed by atoms with Crippen LogP contribution in [0.4, 0.5) is 0 Å². The van der Waals surface area contributed by atoms with Crippen LogP contribution in [0.2, 0.25) is 0 Å². The van der Waals surface area contributed by atoms with E-state index in [1.165, 1.54) is 12.5 Å². The monoisotopic (exact) mass is 418 g/mol. The molecular weight excluding hydrogens is 396 g/mol. The van der Waals surface area contributed by atoms with Crippen LogP contribution in [0.15, 0.2) is 12.5 Å². The van der Waals surface area contributed by atoms with Gasteiger partial charge < -0.3 is 31.8 Å². The van der Waals surface area contributed by atoms with Crippen LogP contribution in [-0.4, -0.2) is 74.9 Å². The second-order valence-corrected chi connectivity index (χ2v) is 6.22. The predicted molar refractivity (Wildman–Crippen MR) is 102 cm³/mol. The van der Waals surface area contributed by atoms with Crippen molar-refractivity contribution >= 4 is 48.9 Å². The second kappa shape index (κ2) is 11.5. The van der Waals surface area contributed by atoms with E-state index < -0.39 is 48.4 Å². The Hall–Kier alpha value is -2.25. The Morgan fingerprint density at radius 3 is 2.37 bits per heavy atom. The maximum atomic E-state index is 12.4. The molecule has 0 aromatic carbocycles. The number of rotatable bonds is 11. The SMILES string of the molecule is NC(CS)C(=O)NC(Cc1cnc[nH]1)C(=O)NCC(=O)NC(CS)C(=O)O. The smallest absolute Gasteiger partial charge is 0.327 e. The Balaban J connectivity index is 2.68. The van der Waals surface area contributed by atoms with E-state index in [1.54, 1.807) is 0 Å². The lowest BCUT2D eigenvalue weighted by molar-refractivity contribution is -0.141. The average Bonchev–Trinajstić information content (AvgIpc) is 3.15. The zero-order valence-corrected chi connectivity index (χ0v) is 16.0. The van der Waals surface area contributed by atoms with Crippen LogP contribution in [-0.2, 0) is 25.6 Å². The summed E-state index contributed by atoms with van der Waals surface area (Å²) in [5.74, 6) is -3.17. The first-order chi connectivity index (χ1) is 12.8. The fraction of sp³-hybridized carbons (Fsp3) is 0.500. The Bertz CT molecular complexity index is 656. The number of H-pyrrole nitrogens is 1. The molecule has 0 saturated carbocycles. The summed E-state index contributed by atoms with van der Waals surface area (Å²) in [7, 11) is 0. The zero-order valence-electron chi connectivity index (χ0n) is 14.2. The molecule has 1 heterocycles. The lowest BCUT2D eigenvalue weighted by Gasteiger charge is -2.20. The summed E-state index contributed by atoms with van der Waals surface area (Å²) in [6.07, 6.45) is 3.00.